The predicted octanol–water partition coefficient (Wildman–Crippen LogP) is 7.26. The topological polar surface area (TPSA) is 69.2 Å². The minimum Gasteiger partial charge on any atom is -0.474 e. The Hall–Kier alpha value is -3.40. The summed E-state index contributed by atoms with van der Waals surface area (Å²) >= 11 is 6.65. The van der Waals surface area contributed by atoms with Crippen LogP contribution in [0.4, 0.5) is 26.3 Å². The minimum atomic E-state index is -4.89. The number of thiophene rings is 1. The second kappa shape index (κ2) is 15.0. The zero-order valence-corrected chi connectivity index (χ0v) is 30.5. The summed E-state index contributed by atoms with van der Waals surface area (Å²) in [4.78, 5) is 39.8. The molecule has 0 radical (unpaired) electrons. The summed E-state index contributed by atoms with van der Waals surface area (Å²) in [7, 11) is 0. The maximum Gasteiger partial charge on any atom is 0.425 e. The van der Waals surface area contributed by atoms with E-state index in [1.54, 1.807) is 11.0 Å². The summed E-state index contributed by atoms with van der Waals surface area (Å²) in [6.45, 7) is 4.95. The molecule has 286 valence electrons. The fourth-order valence-corrected chi connectivity index (χ4v) is 8.80. The van der Waals surface area contributed by atoms with Gasteiger partial charge in [0.2, 0.25) is 5.60 Å². The van der Waals surface area contributed by atoms with Crippen LogP contribution >= 0.6 is 22.9 Å². The Morgan fingerprint density at radius 1 is 0.943 bits per heavy atom. The largest absolute Gasteiger partial charge is 0.474 e. The van der Waals surface area contributed by atoms with E-state index in [2.05, 4.69) is 14.8 Å². The minimum absolute atomic E-state index is 0.00367. The van der Waals surface area contributed by atoms with Crippen LogP contribution in [0.3, 0.4) is 0 Å². The second-order valence-corrected chi connectivity index (χ2v) is 15.8. The first kappa shape index (κ1) is 37.9. The van der Waals surface area contributed by atoms with E-state index in [0.717, 1.165) is 74.2 Å². The molecular weight excluding hydrogens is 744 g/mol. The van der Waals surface area contributed by atoms with Crippen LogP contribution in [0.25, 0.3) is 0 Å². The van der Waals surface area contributed by atoms with E-state index in [1.165, 1.54) is 23.1 Å². The standard InChI is InChI=1S/C37H40ClF6N5O3S/c38-27-7-6-26-22-48(14-8-25(26)19-27)34(51)35(52-28-20-31(53-23-28)37(42,43)44)10-2-12-49(33(50)32-29(36(39,40)41)3-1-11-45-32)30(35)9-13-46-15-17-47(18-16-46)21-24-4-5-24/h1,3,6-7,11,19-20,23-24,30H,2,4-5,8-10,12-18,21-22H2/t30-,35-/m1/s1. The molecule has 3 aliphatic heterocycles. The van der Waals surface area contributed by atoms with Crippen molar-refractivity contribution in [2.24, 2.45) is 5.92 Å². The van der Waals surface area contributed by atoms with Gasteiger partial charge < -0.3 is 24.3 Å². The fraction of sp³-hybridized carbons (Fsp3) is 0.541. The van der Waals surface area contributed by atoms with Crippen LogP contribution in [0, 0.1) is 5.92 Å². The van der Waals surface area contributed by atoms with Crippen molar-refractivity contribution in [1.82, 2.24) is 24.6 Å². The second-order valence-electron chi connectivity index (χ2n) is 14.4. The van der Waals surface area contributed by atoms with E-state index in [1.807, 2.05) is 12.1 Å². The summed E-state index contributed by atoms with van der Waals surface area (Å²) in [5.74, 6) is -1.01. The van der Waals surface area contributed by atoms with Crippen LogP contribution in [0.5, 0.6) is 5.75 Å². The molecule has 0 unspecified atom stereocenters. The Morgan fingerprint density at radius 3 is 2.40 bits per heavy atom. The molecule has 7 rings (SSSR count). The number of benzene rings is 1. The van der Waals surface area contributed by atoms with E-state index in [4.69, 9.17) is 16.3 Å². The number of aromatic nitrogens is 1. The number of nitrogens with zero attached hydrogens (tertiary/aromatic N) is 5. The van der Waals surface area contributed by atoms with Crippen molar-refractivity contribution >= 4 is 34.8 Å². The SMILES string of the molecule is O=C(c1ncccc1C(F)(F)F)N1CCC[C@](Oc2csc(C(F)(F)F)c2)(C(=O)N2CCc3cc(Cl)ccc3C2)[C@H]1CCN1CCN(CC2CC2)CC1. The number of fused-ring (bicyclic) bond motifs is 1. The number of ether oxygens (including phenoxy) is 1. The third-order valence-corrected chi connectivity index (χ3v) is 12.0. The quantitative estimate of drug-likeness (QED) is 0.213. The molecule has 2 aromatic heterocycles. The van der Waals surface area contributed by atoms with Crippen LogP contribution < -0.4 is 4.74 Å². The highest BCUT2D eigenvalue weighted by atomic mass is 35.5. The van der Waals surface area contributed by atoms with Gasteiger partial charge in [0, 0.05) is 88.0 Å². The predicted molar refractivity (Wildman–Crippen MR) is 187 cm³/mol. The van der Waals surface area contributed by atoms with E-state index in [-0.39, 0.29) is 44.6 Å². The van der Waals surface area contributed by atoms with Gasteiger partial charge in [-0.1, -0.05) is 17.7 Å². The number of likely N-dealkylation sites (tertiary alicyclic amines) is 1. The summed E-state index contributed by atoms with van der Waals surface area (Å²) in [5.41, 5.74) is -2.13. The van der Waals surface area contributed by atoms with E-state index >= 15 is 4.79 Å². The van der Waals surface area contributed by atoms with Crippen molar-refractivity contribution in [2.45, 2.75) is 69.1 Å². The maximum atomic E-state index is 15.1. The number of halogens is 7. The molecule has 3 aromatic rings. The van der Waals surface area contributed by atoms with Crippen molar-refractivity contribution in [3.63, 3.8) is 0 Å². The number of carbonyl (C=O) groups excluding carboxylic acids is 2. The van der Waals surface area contributed by atoms with Crippen LogP contribution in [-0.4, -0.2) is 100 Å². The molecule has 2 saturated heterocycles. The number of alkyl halides is 6. The van der Waals surface area contributed by atoms with Crippen LogP contribution in [0.1, 0.15) is 64.2 Å². The Bertz CT molecular complexity index is 1810. The van der Waals surface area contributed by atoms with Gasteiger partial charge in [-0.3, -0.25) is 14.6 Å². The normalized spacial score (nSPS) is 23.2. The highest BCUT2D eigenvalue weighted by Gasteiger charge is 2.56. The van der Waals surface area contributed by atoms with Gasteiger partial charge >= 0.3 is 12.4 Å². The van der Waals surface area contributed by atoms with Gasteiger partial charge in [0.25, 0.3) is 11.8 Å². The van der Waals surface area contributed by atoms with Gasteiger partial charge in [-0.2, -0.15) is 26.3 Å². The molecule has 4 aliphatic rings. The first-order valence-corrected chi connectivity index (χ1v) is 19.2. The Morgan fingerprint density at radius 2 is 1.70 bits per heavy atom. The molecule has 2 atom stereocenters. The first-order chi connectivity index (χ1) is 25.2. The Balaban J connectivity index is 1.26. The van der Waals surface area contributed by atoms with Crippen molar-refractivity contribution in [1.29, 1.82) is 0 Å². The molecule has 53 heavy (non-hydrogen) atoms. The number of hydrogen-bond donors (Lipinski definition) is 0. The smallest absolute Gasteiger partial charge is 0.425 e. The molecule has 1 aromatic carbocycles. The number of hydrogen-bond acceptors (Lipinski definition) is 7. The highest BCUT2D eigenvalue weighted by Crippen LogP contribution is 2.43. The average Bonchev–Trinajstić information content (AvgIpc) is 3.82. The van der Waals surface area contributed by atoms with Crippen molar-refractivity contribution in [3.8, 4) is 5.75 Å². The molecule has 16 heteroatoms. The summed E-state index contributed by atoms with van der Waals surface area (Å²) < 4.78 is 90.6. The van der Waals surface area contributed by atoms with Gasteiger partial charge in [0.1, 0.15) is 16.3 Å². The van der Waals surface area contributed by atoms with E-state index < -0.39 is 51.9 Å². The van der Waals surface area contributed by atoms with Gasteiger partial charge in [-0.15, -0.1) is 11.3 Å². The molecule has 5 heterocycles. The first-order valence-electron chi connectivity index (χ1n) is 17.9. The van der Waals surface area contributed by atoms with E-state index in [9.17, 15) is 31.1 Å². The lowest BCUT2D eigenvalue weighted by atomic mass is 9.79. The van der Waals surface area contributed by atoms with Crippen molar-refractivity contribution in [3.05, 3.63) is 80.3 Å². The molecule has 8 nitrogen and oxygen atoms in total. The van der Waals surface area contributed by atoms with E-state index in [0.29, 0.717) is 29.3 Å². The molecule has 1 saturated carbocycles. The van der Waals surface area contributed by atoms with Gasteiger partial charge in [0.15, 0.2) is 0 Å². The summed E-state index contributed by atoms with van der Waals surface area (Å²) in [6, 6.07) is 6.95. The van der Waals surface area contributed by atoms with Crippen LogP contribution in [-0.2, 0) is 30.1 Å². The molecule has 2 amide bonds. The molecule has 1 aliphatic carbocycles. The monoisotopic (exact) mass is 783 g/mol. The fourth-order valence-electron chi connectivity index (χ4n) is 7.93. The molecular formula is C37H40ClF6N5O3S. The number of piperazine rings is 1. The Labute approximate surface area is 312 Å². The van der Waals surface area contributed by atoms with Gasteiger partial charge in [-0.05, 0) is 73.4 Å². The number of amides is 2. The molecule has 3 fully saturated rings. The lowest BCUT2D eigenvalue weighted by Gasteiger charge is -2.50. The zero-order chi connectivity index (χ0) is 37.5. The summed E-state index contributed by atoms with van der Waals surface area (Å²) in [6.07, 6.45) is -5.20. The van der Waals surface area contributed by atoms with Crippen LogP contribution in [0.15, 0.2) is 48.0 Å². The van der Waals surface area contributed by atoms with Crippen molar-refractivity contribution in [2.75, 3.05) is 52.4 Å². The van der Waals surface area contributed by atoms with Gasteiger partial charge in [-0.25, -0.2) is 0 Å². The van der Waals surface area contributed by atoms with Crippen LogP contribution in [0.2, 0.25) is 5.02 Å². The maximum absolute atomic E-state index is 15.1. The molecule has 0 bridgehead atoms. The lowest BCUT2D eigenvalue weighted by Crippen LogP contribution is -2.68. The number of piperidine rings is 1. The average molecular weight is 784 g/mol. The third kappa shape index (κ3) is 8.32. The zero-order valence-electron chi connectivity index (χ0n) is 28.9. The third-order valence-electron chi connectivity index (χ3n) is 10.8. The molecule has 0 spiro atoms. The Kier molecular flexibility index (Phi) is 10.7. The highest BCUT2D eigenvalue weighted by molar-refractivity contribution is 7.10. The summed E-state index contributed by atoms with van der Waals surface area (Å²) in [5, 5.41) is 1.73. The van der Waals surface area contributed by atoms with Crippen molar-refractivity contribution < 1.29 is 40.7 Å². The van der Waals surface area contributed by atoms with Gasteiger partial charge in [0.05, 0.1) is 11.6 Å². The number of rotatable bonds is 9. The lowest BCUT2D eigenvalue weighted by molar-refractivity contribution is -0.160. The molecule has 0 N–H and O–H groups in total. The number of carbonyl (C=O) groups is 2. The number of pyridine rings is 1.